The second-order valence-electron chi connectivity index (χ2n) is 5.98. The Morgan fingerprint density at radius 3 is 2.23 bits per heavy atom. The number of carbonyl (C=O) groups is 1. The minimum atomic E-state index is -0.567. The van der Waals surface area contributed by atoms with Gasteiger partial charge < -0.3 is 25.2 Å². The Morgan fingerprint density at radius 1 is 0.808 bits per heavy atom. The molecule has 0 saturated heterocycles. The van der Waals surface area contributed by atoms with Crippen LogP contribution in [0.5, 0.6) is 34.5 Å². The predicted molar refractivity (Wildman–Crippen MR) is 92.3 cm³/mol. The predicted octanol–water partition coefficient (Wildman–Crippen LogP) is 3.44. The number of hydrogen-bond donors (Lipinski definition) is 4. The lowest BCUT2D eigenvalue weighted by molar-refractivity contribution is 0.103. The third-order valence-electron chi connectivity index (χ3n) is 4.41. The third-order valence-corrected chi connectivity index (χ3v) is 4.41. The van der Waals surface area contributed by atoms with Crippen LogP contribution in [-0.2, 0) is 6.42 Å². The van der Waals surface area contributed by atoms with Gasteiger partial charge in [0, 0.05) is 23.1 Å². The molecule has 0 atom stereocenters. The van der Waals surface area contributed by atoms with Crippen LogP contribution in [0, 0.1) is 0 Å². The Bertz CT molecular complexity index is 1040. The molecule has 0 unspecified atom stereocenters. The van der Waals surface area contributed by atoms with E-state index < -0.39 is 17.3 Å². The van der Waals surface area contributed by atoms with Crippen molar-refractivity contribution < 1.29 is 30.0 Å². The van der Waals surface area contributed by atoms with Crippen LogP contribution in [0.3, 0.4) is 0 Å². The lowest BCUT2D eigenvalue weighted by atomic mass is 9.83. The van der Waals surface area contributed by atoms with Crippen LogP contribution in [0.2, 0.25) is 0 Å². The molecule has 0 bridgehead atoms. The molecule has 1 aliphatic rings. The zero-order valence-electron chi connectivity index (χ0n) is 13.4. The normalized spacial score (nSPS) is 12.4. The summed E-state index contributed by atoms with van der Waals surface area (Å²) in [5.41, 5.74) is 0.447. The summed E-state index contributed by atoms with van der Waals surface area (Å²) < 4.78 is 5.57. The van der Waals surface area contributed by atoms with E-state index in [2.05, 4.69) is 0 Å². The van der Waals surface area contributed by atoms with Gasteiger partial charge in [0.25, 0.3) is 0 Å². The average molecular weight is 350 g/mol. The van der Waals surface area contributed by atoms with Crippen molar-refractivity contribution in [1.29, 1.82) is 0 Å². The maximum absolute atomic E-state index is 12.8. The molecule has 0 fully saturated rings. The summed E-state index contributed by atoms with van der Waals surface area (Å²) in [4.78, 5) is 12.8. The lowest BCUT2D eigenvalue weighted by Gasteiger charge is -2.22. The molecule has 4 N–H and O–H groups in total. The van der Waals surface area contributed by atoms with Crippen LogP contribution in [0.4, 0.5) is 0 Å². The number of carbonyl (C=O) groups excluding carboxylic acids is 1. The van der Waals surface area contributed by atoms with Gasteiger partial charge >= 0.3 is 0 Å². The molecule has 6 heteroatoms. The van der Waals surface area contributed by atoms with E-state index in [-0.39, 0.29) is 45.9 Å². The van der Waals surface area contributed by atoms with Gasteiger partial charge in [-0.15, -0.1) is 0 Å². The first-order valence-corrected chi connectivity index (χ1v) is 7.86. The second-order valence-corrected chi connectivity index (χ2v) is 5.98. The number of fused-ring (bicyclic) bond motifs is 2. The van der Waals surface area contributed by atoms with E-state index in [1.807, 2.05) is 0 Å². The fourth-order valence-electron chi connectivity index (χ4n) is 3.12. The number of ketones is 1. The molecule has 0 aromatic heterocycles. The van der Waals surface area contributed by atoms with Gasteiger partial charge in [-0.1, -0.05) is 18.2 Å². The highest BCUT2D eigenvalue weighted by atomic mass is 16.5. The third kappa shape index (κ3) is 2.31. The summed E-state index contributed by atoms with van der Waals surface area (Å²) in [6.45, 7) is 0. The van der Waals surface area contributed by atoms with E-state index in [9.17, 15) is 25.2 Å². The summed E-state index contributed by atoms with van der Waals surface area (Å²) in [7, 11) is 0. The van der Waals surface area contributed by atoms with Crippen LogP contribution in [0.15, 0.2) is 48.5 Å². The van der Waals surface area contributed by atoms with Gasteiger partial charge in [0.1, 0.15) is 17.2 Å². The number of para-hydroxylation sites is 1. The molecule has 6 nitrogen and oxygen atoms in total. The first-order chi connectivity index (χ1) is 12.5. The Kier molecular flexibility index (Phi) is 3.47. The van der Waals surface area contributed by atoms with Crippen molar-refractivity contribution in [3.8, 4) is 34.5 Å². The lowest BCUT2D eigenvalue weighted by Crippen LogP contribution is -2.16. The first kappa shape index (κ1) is 15.8. The highest BCUT2D eigenvalue weighted by Gasteiger charge is 2.32. The molecular weight excluding hydrogens is 336 g/mol. The van der Waals surface area contributed by atoms with Crippen LogP contribution in [-0.4, -0.2) is 26.2 Å². The minimum Gasteiger partial charge on any atom is -0.508 e. The highest BCUT2D eigenvalue weighted by molar-refractivity contribution is 6.15. The van der Waals surface area contributed by atoms with E-state index in [0.717, 1.165) is 0 Å². The largest absolute Gasteiger partial charge is 0.508 e. The Labute approximate surface area is 148 Å². The number of phenols is 4. The molecule has 0 heterocycles. The van der Waals surface area contributed by atoms with Gasteiger partial charge in [-0.2, -0.15) is 0 Å². The fourth-order valence-corrected chi connectivity index (χ4v) is 3.12. The number of rotatable bonds is 2. The summed E-state index contributed by atoms with van der Waals surface area (Å²) in [5, 5.41) is 40.7. The molecule has 130 valence electrons. The number of phenolic OH excluding ortho intramolecular Hbond substituents is 4. The molecule has 0 saturated carbocycles. The van der Waals surface area contributed by atoms with Gasteiger partial charge in [0.05, 0.1) is 5.56 Å². The summed E-state index contributed by atoms with van der Waals surface area (Å²) in [6.07, 6.45) is -0.0123. The molecule has 1 aliphatic carbocycles. The maximum Gasteiger partial charge on any atom is 0.201 e. The van der Waals surface area contributed by atoms with Crippen LogP contribution >= 0.6 is 0 Å². The molecule has 3 aromatic carbocycles. The Morgan fingerprint density at radius 2 is 1.50 bits per heavy atom. The zero-order chi connectivity index (χ0) is 18.4. The molecular formula is C20H14O6. The average Bonchev–Trinajstić information content (AvgIpc) is 2.64. The van der Waals surface area contributed by atoms with Crippen LogP contribution < -0.4 is 4.74 Å². The molecule has 0 amide bonds. The first-order valence-electron chi connectivity index (χ1n) is 7.86. The summed E-state index contributed by atoms with van der Waals surface area (Å²) in [5.74, 6) is -1.64. The molecule has 0 radical (unpaired) electrons. The van der Waals surface area contributed by atoms with Gasteiger partial charge in [-0.25, -0.2) is 0 Å². The van der Waals surface area contributed by atoms with E-state index in [1.165, 1.54) is 18.2 Å². The quantitative estimate of drug-likeness (QED) is 0.326. The highest BCUT2D eigenvalue weighted by Crippen LogP contribution is 2.47. The maximum atomic E-state index is 12.8. The monoisotopic (exact) mass is 350 g/mol. The molecule has 26 heavy (non-hydrogen) atoms. The summed E-state index contributed by atoms with van der Waals surface area (Å²) >= 11 is 0. The van der Waals surface area contributed by atoms with Crippen molar-refractivity contribution in [3.05, 3.63) is 70.8 Å². The molecule has 0 aliphatic heterocycles. The van der Waals surface area contributed by atoms with Crippen molar-refractivity contribution in [3.63, 3.8) is 0 Å². The van der Waals surface area contributed by atoms with E-state index in [0.29, 0.717) is 5.75 Å². The minimum absolute atomic E-state index is 0.0123. The molecule has 0 spiro atoms. The van der Waals surface area contributed by atoms with E-state index in [1.54, 1.807) is 30.3 Å². The van der Waals surface area contributed by atoms with Gasteiger partial charge in [0.15, 0.2) is 17.3 Å². The summed E-state index contributed by atoms with van der Waals surface area (Å²) in [6, 6.07) is 12.4. The van der Waals surface area contributed by atoms with Crippen molar-refractivity contribution in [2.75, 3.05) is 0 Å². The van der Waals surface area contributed by atoms with E-state index in [4.69, 9.17) is 4.74 Å². The van der Waals surface area contributed by atoms with Gasteiger partial charge in [0.2, 0.25) is 5.75 Å². The van der Waals surface area contributed by atoms with Gasteiger partial charge in [-0.3, -0.25) is 4.79 Å². The van der Waals surface area contributed by atoms with Crippen molar-refractivity contribution in [2.24, 2.45) is 0 Å². The topological polar surface area (TPSA) is 107 Å². The van der Waals surface area contributed by atoms with E-state index >= 15 is 0 Å². The number of benzene rings is 3. The fraction of sp³-hybridized carbons (Fsp3) is 0.0500. The van der Waals surface area contributed by atoms with Crippen LogP contribution in [0.25, 0.3) is 0 Å². The van der Waals surface area contributed by atoms with Crippen LogP contribution in [0.1, 0.15) is 27.0 Å². The van der Waals surface area contributed by atoms with Gasteiger partial charge in [-0.05, 0) is 30.3 Å². The molecule has 3 aromatic rings. The number of hydrogen-bond acceptors (Lipinski definition) is 6. The molecule has 4 rings (SSSR count). The van der Waals surface area contributed by atoms with Crippen molar-refractivity contribution in [1.82, 2.24) is 0 Å². The second kappa shape index (κ2) is 5.70. The van der Waals surface area contributed by atoms with Crippen molar-refractivity contribution in [2.45, 2.75) is 6.42 Å². The number of ether oxygens (including phenoxy) is 1. The Hall–Kier alpha value is -3.67. The smallest absolute Gasteiger partial charge is 0.201 e. The Balaban J connectivity index is 1.86. The zero-order valence-corrected chi connectivity index (χ0v) is 13.4. The van der Waals surface area contributed by atoms with Crippen molar-refractivity contribution >= 4 is 5.78 Å². The number of aromatic hydroxyl groups is 4. The SMILES string of the molecule is O=C1c2cc(Oc3ccccc3)c(O)c(O)c2Cc2c(O)ccc(O)c21. The standard InChI is InChI=1S/C20H14O6/c21-14-6-7-15(22)17-13(14)8-11-12(18(17)23)9-16(20(25)19(11)24)26-10-4-2-1-3-5-10/h1-7,9,21-22,24-25H,8H2.